The first-order valence-electron chi connectivity index (χ1n) is 10.8. The summed E-state index contributed by atoms with van der Waals surface area (Å²) in [5.41, 5.74) is 4.14. The highest BCUT2D eigenvalue weighted by atomic mass is 32.2. The molecule has 178 valence electrons. The Morgan fingerprint density at radius 1 is 1.18 bits per heavy atom. The van der Waals surface area contributed by atoms with E-state index in [0.717, 1.165) is 57.6 Å². The maximum atomic E-state index is 12.9. The lowest BCUT2D eigenvalue weighted by atomic mass is 9.97. The molecule has 0 spiro atoms. The zero-order valence-corrected chi connectivity index (χ0v) is 21.6. The Labute approximate surface area is 213 Å². The van der Waals surface area contributed by atoms with E-state index in [9.17, 15) is 9.70 Å². The number of rotatable bonds is 7. The third-order valence-corrected chi connectivity index (χ3v) is 8.23. The average molecular weight is 515 g/mol. The molecule has 11 heteroatoms. The molecule has 0 bridgehead atoms. The number of thiazole rings is 1. The number of hydrogen-bond donors (Lipinski definition) is 0. The van der Waals surface area contributed by atoms with Crippen molar-refractivity contribution in [3.8, 4) is 11.1 Å². The van der Waals surface area contributed by atoms with Gasteiger partial charge in [0.15, 0.2) is 5.13 Å². The molecular formula is C23H26N6O2S3. The van der Waals surface area contributed by atoms with E-state index in [1.54, 1.807) is 11.9 Å². The minimum absolute atomic E-state index is 0. The van der Waals surface area contributed by atoms with Crippen molar-refractivity contribution in [2.24, 2.45) is 10.5 Å². The number of nitroso groups, excluding NO2 is 1. The largest absolute Gasteiger partial charge is 0.370 e. The van der Waals surface area contributed by atoms with Crippen molar-refractivity contribution in [3.05, 3.63) is 53.2 Å². The fourth-order valence-electron chi connectivity index (χ4n) is 4.10. The van der Waals surface area contributed by atoms with E-state index in [2.05, 4.69) is 54.7 Å². The van der Waals surface area contributed by atoms with Crippen LogP contribution in [0.1, 0.15) is 12.1 Å². The minimum atomic E-state index is -0.0736. The summed E-state index contributed by atoms with van der Waals surface area (Å²) in [6.07, 6.45) is 3.07. The molecule has 0 radical (unpaired) electrons. The molecule has 0 atom stereocenters. The van der Waals surface area contributed by atoms with Crippen LogP contribution in [0.5, 0.6) is 0 Å². The van der Waals surface area contributed by atoms with Crippen molar-refractivity contribution in [2.45, 2.75) is 17.6 Å². The zero-order valence-electron chi connectivity index (χ0n) is 19.0. The van der Waals surface area contributed by atoms with E-state index in [-0.39, 0.29) is 25.3 Å². The molecule has 3 aromatic rings. The van der Waals surface area contributed by atoms with Crippen LogP contribution in [0, 0.1) is 17.7 Å². The van der Waals surface area contributed by atoms with Crippen molar-refractivity contribution < 1.29 is 4.79 Å². The Morgan fingerprint density at radius 3 is 2.56 bits per heavy atom. The second-order valence-electron chi connectivity index (χ2n) is 8.30. The quantitative estimate of drug-likeness (QED) is 0.334. The summed E-state index contributed by atoms with van der Waals surface area (Å²) >= 11 is 2.18. The zero-order chi connectivity index (χ0) is 22.9. The molecule has 1 aromatic carbocycles. The Hall–Kier alpha value is -2.63. The molecule has 2 fully saturated rings. The second kappa shape index (κ2) is 10.3. The molecule has 0 aliphatic carbocycles. The Morgan fingerprint density at radius 2 is 1.91 bits per heavy atom. The number of amides is 1. The maximum Gasteiger partial charge on any atom is 0.235 e. The topological polar surface area (TPSA) is 82.0 Å². The first-order chi connectivity index (χ1) is 16.0. The number of carbonyl (C=O) groups is 1. The van der Waals surface area contributed by atoms with Crippen molar-refractivity contribution in [1.82, 2.24) is 9.97 Å². The number of carbonyl (C=O) groups excluding carboxylic acids is 1. The van der Waals surface area contributed by atoms with Crippen molar-refractivity contribution >= 4 is 59.3 Å². The highest BCUT2D eigenvalue weighted by molar-refractivity contribution is 7.99. The number of pyridine rings is 1. The normalized spacial score (nSPS) is 15.2. The van der Waals surface area contributed by atoms with Crippen molar-refractivity contribution in [1.29, 1.82) is 0 Å². The van der Waals surface area contributed by atoms with Crippen LogP contribution < -0.4 is 14.7 Å². The van der Waals surface area contributed by atoms with Crippen LogP contribution in [0.3, 0.4) is 0 Å². The Bertz CT molecular complexity index is 1180. The predicted octanol–water partition coefficient (Wildman–Crippen LogP) is 4.71. The number of nitrogens with zero attached hydrogens (tertiary/aromatic N) is 6. The van der Waals surface area contributed by atoms with Gasteiger partial charge in [0.1, 0.15) is 10.0 Å². The van der Waals surface area contributed by atoms with Crippen LogP contribution in [0.25, 0.3) is 11.1 Å². The molecule has 4 heterocycles. The molecule has 1 amide bonds. The molecule has 5 rings (SSSR count). The van der Waals surface area contributed by atoms with Crippen LogP contribution in [-0.2, 0) is 4.79 Å². The maximum absolute atomic E-state index is 12.9. The smallest absolute Gasteiger partial charge is 0.235 e. The number of aromatic nitrogens is 2. The minimum Gasteiger partial charge on any atom is -0.370 e. The van der Waals surface area contributed by atoms with Gasteiger partial charge in [0.05, 0.1) is 23.6 Å². The standard InChI is InChI=1S/C23H24N6O2S2.H2S/c1-15-22(33-26-31)32-23(25-15)27(2)21(30)17-13-29(14-17)18-8-6-16(7-9-18)19-5-3-10-24-20(19)28-11-4-12-28;/h3,5-10,17H,4,11-14H2,1-2H3;1H2. The molecule has 34 heavy (non-hydrogen) atoms. The fraction of sp³-hybridized carbons (Fsp3) is 0.348. The van der Waals surface area contributed by atoms with Crippen LogP contribution >= 0.6 is 36.8 Å². The van der Waals surface area contributed by atoms with E-state index in [0.29, 0.717) is 18.2 Å². The number of hydrogen-bond acceptors (Lipinski definition) is 9. The van der Waals surface area contributed by atoms with Gasteiger partial charge in [-0.1, -0.05) is 23.5 Å². The van der Waals surface area contributed by atoms with Crippen LogP contribution in [-0.4, -0.2) is 49.1 Å². The molecule has 2 aliphatic rings. The van der Waals surface area contributed by atoms with E-state index in [1.165, 1.54) is 17.8 Å². The lowest BCUT2D eigenvalue weighted by molar-refractivity contribution is -0.122. The number of benzene rings is 1. The monoisotopic (exact) mass is 514 g/mol. The van der Waals surface area contributed by atoms with Crippen LogP contribution in [0.4, 0.5) is 16.6 Å². The van der Waals surface area contributed by atoms with Gasteiger partial charge < -0.3 is 9.80 Å². The summed E-state index contributed by atoms with van der Waals surface area (Å²) in [4.78, 5) is 38.6. The SMILES string of the molecule is Cc1nc(N(C)C(=O)C2CN(c3ccc(-c4cccnc4N4CCC4)cc3)C2)sc1SN=O.S. The summed E-state index contributed by atoms with van der Waals surface area (Å²) in [5, 5.41) is 0.598. The van der Waals surface area contributed by atoms with Gasteiger partial charge in [-0.3, -0.25) is 9.69 Å². The second-order valence-corrected chi connectivity index (χ2v) is 10.3. The van der Waals surface area contributed by atoms with Gasteiger partial charge in [0.2, 0.25) is 5.91 Å². The molecule has 2 aliphatic heterocycles. The molecule has 0 saturated carbocycles. The predicted molar refractivity (Wildman–Crippen MR) is 144 cm³/mol. The Kier molecular flexibility index (Phi) is 7.44. The van der Waals surface area contributed by atoms with Crippen molar-refractivity contribution in [2.75, 3.05) is 47.9 Å². The van der Waals surface area contributed by atoms with E-state index < -0.39 is 0 Å². The van der Waals surface area contributed by atoms with Gasteiger partial charge in [-0.2, -0.15) is 13.5 Å². The summed E-state index contributed by atoms with van der Waals surface area (Å²) < 4.78 is 3.58. The number of aryl methyl sites for hydroxylation is 1. The first-order valence-corrected chi connectivity index (χ1v) is 12.4. The summed E-state index contributed by atoms with van der Waals surface area (Å²) in [7, 11) is 1.74. The highest BCUT2D eigenvalue weighted by Gasteiger charge is 2.36. The molecule has 2 aromatic heterocycles. The van der Waals surface area contributed by atoms with Crippen molar-refractivity contribution in [3.63, 3.8) is 0 Å². The van der Waals surface area contributed by atoms with Gasteiger partial charge >= 0.3 is 0 Å². The fourth-order valence-corrected chi connectivity index (χ4v) is 5.58. The van der Waals surface area contributed by atoms with E-state index in [4.69, 9.17) is 0 Å². The molecule has 8 nitrogen and oxygen atoms in total. The summed E-state index contributed by atoms with van der Waals surface area (Å²) in [6, 6.07) is 12.6. The lowest BCUT2D eigenvalue weighted by Gasteiger charge is -2.41. The molecule has 0 N–H and O–H groups in total. The first kappa shape index (κ1) is 24.5. The van der Waals surface area contributed by atoms with Crippen LogP contribution in [0.2, 0.25) is 0 Å². The van der Waals surface area contributed by atoms with E-state index in [1.807, 2.05) is 19.2 Å². The molecular weight excluding hydrogens is 488 g/mol. The Balaban J connectivity index is 0.00000274. The van der Waals surface area contributed by atoms with Gasteiger partial charge in [0.25, 0.3) is 0 Å². The van der Waals surface area contributed by atoms with Gasteiger partial charge in [-0.15, -0.1) is 4.91 Å². The van der Waals surface area contributed by atoms with Gasteiger partial charge in [-0.05, 0) is 43.2 Å². The van der Waals surface area contributed by atoms with Gasteiger partial charge in [-0.25, -0.2) is 9.97 Å². The average Bonchev–Trinajstić information content (AvgIpc) is 3.12. The summed E-state index contributed by atoms with van der Waals surface area (Å²) in [6.45, 7) is 5.30. The highest BCUT2D eigenvalue weighted by Crippen LogP contribution is 2.36. The van der Waals surface area contributed by atoms with E-state index >= 15 is 0 Å². The number of anilines is 3. The third-order valence-electron chi connectivity index (χ3n) is 6.20. The molecule has 2 saturated heterocycles. The lowest BCUT2D eigenvalue weighted by Crippen LogP contribution is -2.54. The van der Waals surface area contributed by atoms with Gasteiger partial charge in [0, 0.05) is 55.3 Å². The summed E-state index contributed by atoms with van der Waals surface area (Å²) in [5.74, 6) is 1.02. The van der Waals surface area contributed by atoms with Crippen LogP contribution in [0.15, 0.2) is 51.4 Å². The molecule has 0 unspecified atom stereocenters. The third kappa shape index (κ3) is 4.64.